The zero-order valence-corrected chi connectivity index (χ0v) is 24.9. The molecule has 6 aromatic rings. The van der Waals surface area contributed by atoms with E-state index in [0.29, 0.717) is 0 Å². The standard InChI is InChI=1S/2C13H9NTe.2ClH.Pd/c2*1-2-6-10(7-3-1)13-14-11-8-4-5-9-12(11)15-13;;;/h2*1-9H;2*1H;/q;;;;+2/p-2. The van der Waals surface area contributed by atoms with E-state index in [2.05, 4.69) is 97.1 Å². The molecule has 0 bridgehead atoms. The normalized spacial score (nSPS) is 10.4. The van der Waals surface area contributed by atoms with Crippen LogP contribution in [0, 0.1) is 0 Å². The van der Waals surface area contributed by atoms with Crippen LogP contribution >= 0.6 is 19.1 Å². The number of hydrogen-bond donors (Lipinski definition) is 0. The zero-order chi connectivity index (χ0) is 22.9. The Kier molecular flexibility index (Phi) is 10.1. The third-order valence-corrected chi connectivity index (χ3v) is 10.8. The summed E-state index contributed by atoms with van der Waals surface area (Å²) in [6.45, 7) is 0. The number of halogens is 2. The molecule has 0 fully saturated rings. The van der Waals surface area contributed by atoms with Gasteiger partial charge in [0.05, 0.1) is 0 Å². The fraction of sp³-hybridized carbons (Fsp3) is 0. The van der Waals surface area contributed by atoms with Crippen molar-refractivity contribution >= 4 is 77.8 Å². The molecule has 0 aliphatic heterocycles. The number of fused-ring (bicyclic) bond motifs is 2. The average Bonchev–Trinajstić information content (AvgIpc) is 3.51. The quantitative estimate of drug-likeness (QED) is 0.172. The fourth-order valence-electron chi connectivity index (χ4n) is 3.15. The van der Waals surface area contributed by atoms with Gasteiger partial charge in [0.1, 0.15) is 0 Å². The molecule has 0 aliphatic carbocycles. The predicted molar refractivity (Wildman–Crippen MR) is 140 cm³/mol. The molecular formula is C26H18Cl2N2PdTe2. The summed E-state index contributed by atoms with van der Waals surface area (Å²) in [4.78, 5) is 9.39. The van der Waals surface area contributed by atoms with Crippen molar-refractivity contribution in [1.29, 1.82) is 0 Å². The second kappa shape index (κ2) is 13.2. The summed E-state index contributed by atoms with van der Waals surface area (Å²) in [5.74, 6) is 0. The SMILES string of the molecule is [Cl][Pd][Cl].c1ccc(-c2nc3ccccc3[te]2)cc1.c1ccc(-c2nc3ccccc3[te]2)cc1. The molecule has 2 nitrogen and oxygen atoms in total. The molecule has 0 unspecified atom stereocenters. The van der Waals surface area contributed by atoms with Gasteiger partial charge in [0.2, 0.25) is 0 Å². The van der Waals surface area contributed by atoms with E-state index in [1.54, 1.807) is 0 Å². The molecule has 6 rings (SSSR count). The second-order valence-corrected chi connectivity index (χ2v) is 15.0. The van der Waals surface area contributed by atoms with Crippen LogP contribution in [0.2, 0.25) is 0 Å². The van der Waals surface area contributed by atoms with Crippen LogP contribution in [0.1, 0.15) is 0 Å². The molecule has 0 spiro atoms. The van der Waals surface area contributed by atoms with Crippen LogP contribution in [0.15, 0.2) is 109 Å². The first kappa shape index (κ1) is 25.1. The van der Waals surface area contributed by atoms with E-state index in [1.807, 2.05) is 12.1 Å². The van der Waals surface area contributed by atoms with Crippen LogP contribution in [0.5, 0.6) is 0 Å². The van der Waals surface area contributed by atoms with E-state index >= 15 is 0 Å². The molecule has 33 heavy (non-hydrogen) atoms. The molecule has 0 saturated carbocycles. The summed E-state index contributed by atoms with van der Waals surface area (Å²) in [5, 5.41) is 0. The summed E-state index contributed by atoms with van der Waals surface area (Å²) in [7, 11) is 9.63. The van der Waals surface area contributed by atoms with Gasteiger partial charge >= 0.3 is 231 Å². The Morgan fingerprint density at radius 2 is 0.818 bits per heavy atom. The maximum atomic E-state index is 4.81. The zero-order valence-electron chi connectivity index (χ0n) is 17.2. The number of hydrogen-bond acceptors (Lipinski definition) is 2. The van der Waals surface area contributed by atoms with Crippen molar-refractivity contribution in [1.82, 2.24) is 9.97 Å². The number of benzene rings is 4. The molecule has 2 heterocycles. The molecular weight excluding hydrogens is 773 g/mol. The summed E-state index contributed by atoms with van der Waals surface area (Å²) in [6.07, 6.45) is 0. The fourth-order valence-corrected chi connectivity index (χ4v) is 8.70. The third kappa shape index (κ3) is 7.03. The van der Waals surface area contributed by atoms with Crippen molar-refractivity contribution in [3.8, 4) is 18.5 Å². The number of aromatic nitrogens is 2. The molecule has 7 heteroatoms. The minimum absolute atomic E-state index is 0.106. The van der Waals surface area contributed by atoms with Gasteiger partial charge in [-0.2, -0.15) is 0 Å². The first-order valence-corrected chi connectivity index (χ1v) is 18.6. The van der Waals surface area contributed by atoms with Gasteiger partial charge in [0, 0.05) is 0 Å². The summed E-state index contributed by atoms with van der Waals surface area (Å²) in [5.41, 5.74) is 4.93. The number of para-hydroxylation sites is 2. The topological polar surface area (TPSA) is 25.8 Å². The number of rotatable bonds is 2. The molecule has 0 amide bonds. The van der Waals surface area contributed by atoms with Crippen molar-refractivity contribution in [2.24, 2.45) is 0 Å². The maximum absolute atomic E-state index is 4.81. The van der Waals surface area contributed by atoms with Crippen LogP contribution in [0.3, 0.4) is 0 Å². The van der Waals surface area contributed by atoms with E-state index in [1.165, 1.54) is 36.4 Å². The molecule has 0 atom stereocenters. The molecule has 0 aliphatic rings. The van der Waals surface area contributed by atoms with Crippen LogP contribution in [-0.4, -0.2) is 50.8 Å². The van der Waals surface area contributed by atoms with Gasteiger partial charge in [-0.15, -0.1) is 0 Å². The van der Waals surface area contributed by atoms with E-state index in [0.717, 1.165) is 0 Å². The Morgan fingerprint density at radius 1 is 0.485 bits per heavy atom. The van der Waals surface area contributed by atoms with Crippen molar-refractivity contribution in [2.45, 2.75) is 0 Å². The van der Waals surface area contributed by atoms with Crippen LogP contribution in [0.25, 0.3) is 36.4 Å². The van der Waals surface area contributed by atoms with E-state index in [9.17, 15) is 0 Å². The van der Waals surface area contributed by atoms with Gasteiger partial charge in [0.15, 0.2) is 0 Å². The third-order valence-electron chi connectivity index (χ3n) is 4.63. The van der Waals surface area contributed by atoms with E-state index in [-0.39, 0.29) is 56.8 Å². The van der Waals surface area contributed by atoms with E-state index < -0.39 is 0 Å². The monoisotopic (exact) mass is 794 g/mol. The average molecular weight is 791 g/mol. The Balaban J connectivity index is 0.000000141. The van der Waals surface area contributed by atoms with Crippen LogP contribution in [-0.2, 0) is 15.9 Å². The Bertz CT molecular complexity index is 1240. The minimum atomic E-state index is -0.259. The molecule has 4 aromatic carbocycles. The Hall–Kier alpha value is -0.958. The second-order valence-electron chi connectivity index (χ2n) is 6.75. The summed E-state index contributed by atoms with van der Waals surface area (Å²) in [6, 6.07) is 37.9. The molecule has 168 valence electrons. The first-order chi connectivity index (χ1) is 16.3. The summed E-state index contributed by atoms with van der Waals surface area (Å²) < 4.78 is 5.54. The Morgan fingerprint density at radius 3 is 1.18 bits per heavy atom. The van der Waals surface area contributed by atoms with Crippen LogP contribution < -0.4 is 0 Å². The van der Waals surface area contributed by atoms with Gasteiger partial charge in [0.25, 0.3) is 0 Å². The van der Waals surface area contributed by atoms with Crippen molar-refractivity contribution < 1.29 is 15.9 Å². The molecule has 0 N–H and O–H groups in total. The van der Waals surface area contributed by atoms with Gasteiger partial charge in [-0.05, 0) is 0 Å². The molecule has 0 saturated heterocycles. The number of nitrogens with zero attached hydrogens (tertiary/aromatic N) is 2. The van der Waals surface area contributed by atoms with Gasteiger partial charge in [-0.3, -0.25) is 0 Å². The molecule has 0 radical (unpaired) electrons. The van der Waals surface area contributed by atoms with Gasteiger partial charge < -0.3 is 0 Å². The van der Waals surface area contributed by atoms with Crippen molar-refractivity contribution in [3.05, 3.63) is 109 Å². The van der Waals surface area contributed by atoms with Crippen LogP contribution in [0.4, 0.5) is 0 Å². The van der Waals surface area contributed by atoms with Gasteiger partial charge in [-0.25, -0.2) is 0 Å². The summed E-state index contributed by atoms with van der Waals surface area (Å²) >= 11 is -0.624. The molecule has 2 aromatic heterocycles. The van der Waals surface area contributed by atoms with Gasteiger partial charge in [-0.1, -0.05) is 0 Å². The first-order valence-electron chi connectivity index (χ1n) is 9.93. The van der Waals surface area contributed by atoms with Crippen molar-refractivity contribution in [3.63, 3.8) is 0 Å². The predicted octanol–water partition coefficient (Wildman–Crippen LogP) is 7.29. The Labute approximate surface area is 229 Å². The van der Waals surface area contributed by atoms with Crippen molar-refractivity contribution in [2.75, 3.05) is 0 Å². The van der Waals surface area contributed by atoms with E-state index in [4.69, 9.17) is 29.0 Å².